The minimum atomic E-state index is -0.679. The van der Waals surface area contributed by atoms with Gasteiger partial charge in [0.2, 0.25) is 0 Å². The first kappa shape index (κ1) is 13.5. The summed E-state index contributed by atoms with van der Waals surface area (Å²) in [7, 11) is 0. The van der Waals surface area contributed by atoms with Gasteiger partial charge in [0.05, 0.1) is 22.9 Å². The summed E-state index contributed by atoms with van der Waals surface area (Å²) in [5.41, 5.74) is 2.25. The SMILES string of the molecule is CC(Cl)c1nc2c(F)cc(F)cc2n1Cc1cncs1. The number of imidazole rings is 1. The summed E-state index contributed by atoms with van der Waals surface area (Å²) in [5, 5.41) is -0.405. The van der Waals surface area contributed by atoms with E-state index in [4.69, 9.17) is 11.6 Å². The monoisotopic (exact) mass is 313 g/mol. The van der Waals surface area contributed by atoms with Crippen molar-refractivity contribution >= 4 is 34.0 Å². The van der Waals surface area contributed by atoms with Crippen LogP contribution in [0.15, 0.2) is 23.8 Å². The molecule has 1 atom stereocenters. The Hall–Kier alpha value is -1.53. The molecule has 0 aliphatic heterocycles. The maximum Gasteiger partial charge on any atom is 0.153 e. The molecule has 1 unspecified atom stereocenters. The van der Waals surface area contributed by atoms with E-state index >= 15 is 0 Å². The fraction of sp³-hybridized carbons (Fsp3) is 0.231. The van der Waals surface area contributed by atoms with Gasteiger partial charge in [-0.1, -0.05) is 0 Å². The molecule has 1 aromatic carbocycles. The van der Waals surface area contributed by atoms with E-state index in [1.165, 1.54) is 17.4 Å². The highest BCUT2D eigenvalue weighted by atomic mass is 35.5. The quantitative estimate of drug-likeness (QED) is 0.681. The number of thiazole rings is 1. The summed E-state index contributed by atoms with van der Waals surface area (Å²) < 4.78 is 29.0. The van der Waals surface area contributed by atoms with Gasteiger partial charge in [-0.05, 0) is 13.0 Å². The van der Waals surface area contributed by atoms with Gasteiger partial charge in [-0.2, -0.15) is 0 Å². The summed E-state index contributed by atoms with van der Waals surface area (Å²) in [6.45, 7) is 2.19. The molecule has 104 valence electrons. The highest BCUT2D eigenvalue weighted by Crippen LogP contribution is 2.28. The third kappa shape index (κ3) is 2.29. The van der Waals surface area contributed by atoms with Gasteiger partial charge in [-0.3, -0.25) is 4.98 Å². The van der Waals surface area contributed by atoms with Crippen LogP contribution in [0, 0.1) is 11.6 Å². The molecule has 0 bridgehead atoms. The first-order valence-electron chi connectivity index (χ1n) is 5.93. The molecule has 2 aromatic heterocycles. The Morgan fingerprint density at radius 2 is 2.20 bits per heavy atom. The van der Waals surface area contributed by atoms with E-state index in [-0.39, 0.29) is 5.52 Å². The second-order valence-corrected chi connectivity index (χ2v) is 6.02. The van der Waals surface area contributed by atoms with Gasteiger partial charge in [-0.25, -0.2) is 13.8 Å². The van der Waals surface area contributed by atoms with Crippen LogP contribution in [0.3, 0.4) is 0 Å². The lowest BCUT2D eigenvalue weighted by molar-refractivity contribution is 0.590. The summed E-state index contributed by atoms with van der Waals surface area (Å²) in [4.78, 5) is 9.17. The lowest BCUT2D eigenvalue weighted by atomic mass is 10.3. The van der Waals surface area contributed by atoms with Crippen molar-refractivity contribution in [2.24, 2.45) is 0 Å². The van der Waals surface area contributed by atoms with Crippen LogP contribution in [0.2, 0.25) is 0 Å². The zero-order valence-electron chi connectivity index (χ0n) is 10.5. The largest absolute Gasteiger partial charge is 0.321 e. The van der Waals surface area contributed by atoms with Gasteiger partial charge in [0.1, 0.15) is 17.2 Å². The first-order chi connectivity index (χ1) is 9.56. The number of hydrogen-bond acceptors (Lipinski definition) is 3. The van der Waals surface area contributed by atoms with Gasteiger partial charge >= 0.3 is 0 Å². The van der Waals surface area contributed by atoms with Crippen LogP contribution in [0.5, 0.6) is 0 Å². The summed E-state index contributed by atoms with van der Waals surface area (Å²) in [5.74, 6) is -0.796. The van der Waals surface area contributed by atoms with Crippen molar-refractivity contribution in [1.82, 2.24) is 14.5 Å². The number of fused-ring (bicyclic) bond motifs is 1. The molecule has 0 aliphatic carbocycles. The lowest BCUT2D eigenvalue weighted by Crippen LogP contribution is -2.04. The maximum atomic E-state index is 13.8. The van der Waals surface area contributed by atoms with Crippen LogP contribution in [0.25, 0.3) is 11.0 Å². The van der Waals surface area contributed by atoms with Crippen LogP contribution >= 0.6 is 22.9 Å². The molecule has 3 nitrogen and oxygen atoms in total. The number of rotatable bonds is 3. The molecule has 2 heterocycles. The number of hydrogen-bond donors (Lipinski definition) is 0. The van der Waals surface area contributed by atoms with Gasteiger partial charge in [0.15, 0.2) is 5.82 Å². The van der Waals surface area contributed by atoms with Crippen molar-refractivity contribution < 1.29 is 8.78 Å². The van der Waals surface area contributed by atoms with E-state index < -0.39 is 17.0 Å². The molecule has 0 amide bonds. The van der Waals surface area contributed by atoms with Gasteiger partial charge in [-0.15, -0.1) is 22.9 Å². The number of nitrogens with zero attached hydrogens (tertiary/aromatic N) is 3. The van der Waals surface area contributed by atoms with Crippen molar-refractivity contribution in [3.05, 3.63) is 46.2 Å². The van der Waals surface area contributed by atoms with Crippen LogP contribution in [0.1, 0.15) is 23.0 Å². The number of aromatic nitrogens is 3. The predicted octanol–water partition coefficient (Wildman–Crippen LogP) is 4.12. The first-order valence-corrected chi connectivity index (χ1v) is 7.24. The summed E-state index contributed by atoms with van der Waals surface area (Å²) in [6.07, 6.45) is 1.72. The highest BCUT2D eigenvalue weighted by Gasteiger charge is 2.19. The zero-order chi connectivity index (χ0) is 14.3. The average molecular weight is 314 g/mol. The maximum absolute atomic E-state index is 13.8. The van der Waals surface area contributed by atoms with Crippen molar-refractivity contribution in [3.8, 4) is 0 Å². The third-order valence-corrected chi connectivity index (χ3v) is 3.91. The highest BCUT2D eigenvalue weighted by molar-refractivity contribution is 7.09. The Balaban J connectivity index is 2.23. The van der Waals surface area contributed by atoms with E-state index in [9.17, 15) is 8.78 Å². The Bertz CT molecular complexity index is 753. The Labute approximate surface area is 122 Å². The van der Waals surface area contributed by atoms with Gasteiger partial charge < -0.3 is 4.57 Å². The molecular formula is C13H10ClF2N3S. The summed E-state index contributed by atoms with van der Waals surface area (Å²) >= 11 is 7.57. The fourth-order valence-corrected chi connectivity index (χ4v) is 2.86. The van der Waals surface area contributed by atoms with Crippen LogP contribution < -0.4 is 0 Å². The number of halogens is 3. The molecule has 0 fully saturated rings. The minimum Gasteiger partial charge on any atom is -0.321 e. The standard InChI is InChI=1S/C13H10ClF2N3S/c1-7(14)13-18-12-10(16)2-8(15)3-11(12)19(13)5-9-4-17-6-20-9/h2-4,6-7H,5H2,1H3. The van der Waals surface area contributed by atoms with Crippen molar-refractivity contribution in [3.63, 3.8) is 0 Å². The second-order valence-electron chi connectivity index (χ2n) is 4.40. The average Bonchev–Trinajstić information content (AvgIpc) is 2.98. The fourth-order valence-electron chi connectivity index (χ4n) is 2.11. The smallest absolute Gasteiger partial charge is 0.153 e. The van der Waals surface area contributed by atoms with Crippen molar-refractivity contribution in [2.45, 2.75) is 18.8 Å². The molecule has 20 heavy (non-hydrogen) atoms. The second kappa shape index (κ2) is 5.10. The molecule has 0 saturated carbocycles. The molecule has 0 spiro atoms. The van der Waals surface area contributed by atoms with Crippen LogP contribution in [-0.4, -0.2) is 14.5 Å². The normalized spacial score (nSPS) is 13.0. The van der Waals surface area contributed by atoms with Gasteiger partial charge in [0, 0.05) is 17.1 Å². The Morgan fingerprint density at radius 3 is 2.85 bits per heavy atom. The predicted molar refractivity (Wildman–Crippen MR) is 75.1 cm³/mol. The molecular weight excluding hydrogens is 304 g/mol. The lowest BCUT2D eigenvalue weighted by Gasteiger charge is -2.09. The minimum absolute atomic E-state index is 0.137. The summed E-state index contributed by atoms with van der Waals surface area (Å²) in [6, 6.07) is 2.10. The third-order valence-electron chi connectivity index (χ3n) is 2.95. The zero-order valence-corrected chi connectivity index (χ0v) is 12.1. The van der Waals surface area contributed by atoms with Crippen LogP contribution in [-0.2, 0) is 6.54 Å². The van der Waals surface area contributed by atoms with E-state index in [2.05, 4.69) is 9.97 Å². The molecule has 0 saturated heterocycles. The van der Waals surface area contributed by atoms with E-state index in [0.29, 0.717) is 17.9 Å². The molecule has 0 radical (unpaired) electrons. The molecule has 0 N–H and O–H groups in total. The van der Waals surface area contributed by atoms with Gasteiger partial charge in [0.25, 0.3) is 0 Å². The van der Waals surface area contributed by atoms with Crippen molar-refractivity contribution in [1.29, 1.82) is 0 Å². The topological polar surface area (TPSA) is 30.7 Å². The number of alkyl halides is 1. The number of benzene rings is 1. The Morgan fingerprint density at radius 1 is 1.40 bits per heavy atom. The molecule has 3 rings (SSSR count). The molecule has 7 heteroatoms. The van der Waals surface area contributed by atoms with Crippen molar-refractivity contribution in [2.75, 3.05) is 0 Å². The van der Waals surface area contributed by atoms with Crippen LogP contribution in [0.4, 0.5) is 8.78 Å². The molecule has 3 aromatic rings. The van der Waals surface area contributed by atoms with E-state index in [1.807, 2.05) is 0 Å². The van der Waals surface area contributed by atoms with E-state index in [0.717, 1.165) is 10.9 Å². The molecule has 0 aliphatic rings. The Kier molecular flexibility index (Phi) is 3.43. The van der Waals surface area contributed by atoms with E-state index in [1.54, 1.807) is 23.2 Å².